The molecule has 0 aromatic carbocycles. The molecule has 1 rings (SSSR count). The molecule has 1 unspecified atom stereocenters. The molecule has 2 nitrogen and oxygen atoms in total. The fourth-order valence-electron chi connectivity index (χ4n) is 2.42. The zero-order chi connectivity index (χ0) is 10.2. The van der Waals surface area contributed by atoms with E-state index in [0.29, 0.717) is 18.6 Å². The minimum atomic E-state index is 0.310. The average Bonchev–Trinajstić information content (AvgIpc) is 2.48. The van der Waals surface area contributed by atoms with E-state index in [0.717, 1.165) is 13.0 Å². The first-order valence-electron chi connectivity index (χ1n) is 6.22. The molecule has 2 N–H and O–H groups in total. The second-order valence-electron chi connectivity index (χ2n) is 4.49. The van der Waals surface area contributed by atoms with E-state index in [9.17, 15) is 5.11 Å². The Bertz CT molecular complexity index is 130. The number of aliphatic hydroxyl groups is 1. The summed E-state index contributed by atoms with van der Waals surface area (Å²) in [6, 6.07) is 0.355. The van der Waals surface area contributed by atoms with Crippen LogP contribution < -0.4 is 5.32 Å². The zero-order valence-electron chi connectivity index (χ0n) is 9.47. The lowest BCUT2D eigenvalue weighted by atomic mass is 9.92. The van der Waals surface area contributed by atoms with E-state index >= 15 is 0 Å². The Kier molecular flexibility index (Phi) is 6.20. The molecule has 1 saturated carbocycles. The van der Waals surface area contributed by atoms with Crippen molar-refractivity contribution >= 4 is 0 Å². The largest absolute Gasteiger partial charge is 0.395 e. The van der Waals surface area contributed by atoms with Crippen LogP contribution in [0.2, 0.25) is 0 Å². The number of rotatable bonds is 5. The summed E-state index contributed by atoms with van der Waals surface area (Å²) < 4.78 is 0. The highest BCUT2D eigenvalue weighted by Gasteiger charge is 2.20. The second-order valence-corrected chi connectivity index (χ2v) is 4.49. The Morgan fingerprint density at radius 1 is 1.21 bits per heavy atom. The van der Waals surface area contributed by atoms with Crippen molar-refractivity contribution in [2.45, 2.75) is 57.9 Å². The van der Waals surface area contributed by atoms with Crippen LogP contribution in [0.4, 0.5) is 0 Å². The molecule has 14 heavy (non-hydrogen) atoms. The molecule has 0 heterocycles. The van der Waals surface area contributed by atoms with Gasteiger partial charge in [0.15, 0.2) is 0 Å². The van der Waals surface area contributed by atoms with Crippen molar-refractivity contribution in [2.75, 3.05) is 13.2 Å². The summed E-state index contributed by atoms with van der Waals surface area (Å²) in [5, 5.41) is 12.8. The van der Waals surface area contributed by atoms with Crippen LogP contribution in [-0.2, 0) is 0 Å². The predicted octanol–water partition coefficient (Wildman–Crippen LogP) is 2.32. The van der Waals surface area contributed by atoms with E-state index < -0.39 is 0 Å². The van der Waals surface area contributed by atoms with Gasteiger partial charge in [0.2, 0.25) is 0 Å². The molecule has 1 aliphatic carbocycles. The molecule has 0 aromatic rings. The summed E-state index contributed by atoms with van der Waals surface area (Å²) in [7, 11) is 0. The number of hydrogen-bond acceptors (Lipinski definition) is 2. The van der Waals surface area contributed by atoms with E-state index in [2.05, 4.69) is 12.2 Å². The fourth-order valence-corrected chi connectivity index (χ4v) is 2.42. The molecule has 1 aliphatic rings. The van der Waals surface area contributed by atoms with Crippen LogP contribution in [0.3, 0.4) is 0 Å². The van der Waals surface area contributed by atoms with Crippen molar-refractivity contribution in [1.82, 2.24) is 5.32 Å². The van der Waals surface area contributed by atoms with Crippen LogP contribution in [-0.4, -0.2) is 24.3 Å². The van der Waals surface area contributed by atoms with Gasteiger partial charge >= 0.3 is 0 Å². The third-order valence-corrected chi connectivity index (χ3v) is 3.32. The molecule has 2 heteroatoms. The molecule has 1 atom stereocenters. The molecule has 0 saturated heterocycles. The molecule has 0 spiro atoms. The van der Waals surface area contributed by atoms with E-state index in [1.165, 1.54) is 38.5 Å². The maximum Gasteiger partial charge on any atom is 0.0587 e. The molecule has 0 aliphatic heterocycles. The van der Waals surface area contributed by atoms with Crippen LogP contribution >= 0.6 is 0 Å². The highest BCUT2D eigenvalue weighted by atomic mass is 16.3. The molecule has 0 radical (unpaired) electrons. The van der Waals surface area contributed by atoms with Crippen LogP contribution in [0.5, 0.6) is 0 Å². The van der Waals surface area contributed by atoms with Crippen molar-refractivity contribution in [3.05, 3.63) is 0 Å². The SMILES string of the molecule is CCCNC(CO)C1CCCCCC1. The van der Waals surface area contributed by atoms with Gasteiger partial charge in [-0.25, -0.2) is 0 Å². The normalized spacial score (nSPS) is 21.9. The predicted molar refractivity (Wildman–Crippen MR) is 60.4 cm³/mol. The quantitative estimate of drug-likeness (QED) is 0.666. The first-order chi connectivity index (χ1) is 6.88. The third-order valence-electron chi connectivity index (χ3n) is 3.32. The van der Waals surface area contributed by atoms with Crippen LogP contribution in [0.15, 0.2) is 0 Å². The maximum absolute atomic E-state index is 9.33. The van der Waals surface area contributed by atoms with Gasteiger partial charge in [-0.2, -0.15) is 0 Å². The fraction of sp³-hybridized carbons (Fsp3) is 1.00. The zero-order valence-corrected chi connectivity index (χ0v) is 9.47. The van der Waals surface area contributed by atoms with Crippen molar-refractivity contribution in [3.63, 3.8) is 0 Å². The monoisotopic (exact) mass is 199 g/mol. The van der Waals surface area contributed by atoms with E-state index in [-0.39, 0.29) is 0 Å². The molecular formula is C12H25NO. The molecular weight excluding hydrogens is 174 g/mol. The molecule has 1 fully saturated rings. The Balaban J connectivity index is 2.32. The maximum atomic E-state index is 9.33. The van der Waals surface area contributed by atoms with Gasteiger partial charge in [0.25, 0.3) is 0 Å². The standard InChI is InChI=1S/C12H25NO/c1-2-9-13-12(10-14)11-7-5-3-4-6-8-11/h11-14H,2-10H2,1H3. The Labute approximate surface area is 88.1 Å². The van der Waals surface area contributed by atoms with Crippen molar-refractivity contribution < 1.29 is 5.11 Å². The van der Waals surface area contributed by atoms with Gasteiger partial charge in [-0.3, -0.25) is 0 Å². The summed E-state index contributed by atoms with van der Waals surface area (Å²) in [6.45, 7) is 3.53. The van der Waals surface area contributed by atoms with Gasteiger partial charge in [-0.1, -0.05) is 32.6 Å². The van der Waals surface area contributed by atoms with Gasteiger partial charge in [-0.15, -0.1) is 0 Å². The van der Waals surface area contributed by atoms with Gasteiger partial charge in [0.1, 0.15) is 0 Å². The Hall–Kier alpha value is -0.0800. The van der Waals surface area contributed by atoms with Crippen LogP contribution in [0.25, 0.3) is 0 Å². The minimum absolute atomic E-state index is 0.310. The summed E-state index contributed by atoms with van der Waals surface area (Å²) in [4.78, 5) is 0. The lowest BCUT2D eigenvalue weighted by Gasteiger charge is -2.25. The second kappa shape index (κ2) is 7.24. The number of aliphatic hydroxyl groups excluding tert-OH is 1. The van der Waals surface area contributed by atoms with Gasteiger partial charge in [-0.05, 0) is 31.7 Å². The van der Waals surface area contributed by atoms with E-state index in [4.69, 9.17) is 0 Å². The first kappa shape index (κ1) is 12.0. The van der Waals surface area contributed by atoms with Crippen LogP contribution in [0, 0.1) is 5.92 Å². The average molecular weight is 199 g/mol. The van der Waals surface area contributed by atoms with Gasteiger partial charge in [0.05, 0.1) is 6.61 Å². The summed E-state index contributed by atoms with van der Waals surface area (Å²) in [6.07, 6.45) is 9.27. The number of nitrogens with one attached hydrogen (secondary N) is 1. The van der Waals surface area contributed by atoms with Gasteiger partial charge in [0, 0.05) is 6.04 Å². The smallest absolute Gasteiger partial charge is 0.0587 e. The highest BCUT2D eigenvalue weighted by molar-refractivity contribution is 4.77. The van der Waals surface area contributed by atoms with Crippen LogP contribution in [0.1, 0.15) is 51.9 Å². The Morgan fingerprint density at radius 2 is 1.86 bits per heavy atom. The lowest BCUT2D eigenvalue weighted by Crippen LogP contribution is -2.39. The minimum Gasteiger partial charge on any atom is -0.395 e. The topological polar surface area (TPSA) is 32.3 Å². The van der Waals surface area contributed by atoms with E-state index in [1.807, 2.05) is 0 Å². The molecule has 0 bridgehead atoms. The molecule has 0 aromatic heterocycles. The first-order valence-corrected chi connectivity index (χ1v) is 6.22. The molecule has 84 valence electrons. The van der Waals surface area contributed by atoms with Crippen molar-refractivity contribution in [1.29, 1.82) is 0 Å². The number of hydrogen-bond donors (Lipinski definition) is 2. The van der Waals surface area contributed by atoms with E-state index in [1.54, 1.807) is 0 Å². The summed E-state index contributed by atoms with van der Waals surface area (Å²) in [5.74, 6) is 0.717. The highest BCUT2D eigenvalue weighted by Crippen LogP contribution is 2.25. The van der Waals surface area contributed by atoms with Crippen molar-refractivity contribution in [2.24, 2.45) is 5.92 Å². The molecule has 0 amide bonds. The van der Waals surface area contributed by atoms with Crippen molar-refractivity contribution in [3.8, 4) is 0 Å². The summed E-state index contributed by atoms with van der Waals surface area (Å²) in [5.41, 5.74) is 0. The Morgan fingerprint density at radius 3 is 2.36 bits per heavy atom. The summed E-state index contributed by atoms with van der Waals surface area (Å²) >= 11 is 0. The third kappa shape index (κ3) is 3.97. The lowest BCUT2D eigenvalue weighted by molar-refractivity contribution is 0.188. The van der Waals surface area contributed by atoms with Gasteiger partial charge < -0.3 is 10.4 Å².